The molecule has 0 saturated heterocycles. The number of rotatable bonds is 10. The summed E-state index contributed by atoms with van der Waals surface area (Å²) in [7, 11) is 0. The van der Waals surface area contributed by atoms with Crippen molar-refractivity contribution < 1.29 is 22.7 Å². The van der Waals surface area contributed by atoms with Gasteiger partial charge in [0, 0.05) is 18.7 Å². The summed E-state index contributed by atoms with van der Waals surface area (Å²) in [6.45, 7) is 2.49. The maximum absolute atomic E-state index is 13.5. The molecule has 4 rings (SSSR count). The summed E-state index contributed by atoms with van der Waals surface area (Å²) in [5.41, 5.74) is 6.26. The van der Waals surface area contributed by atoms with Gasteiger partial charge < -0.3 is 26.4 Å². The van der Waals surface area contributed by atoms with Crippen molar-refractivity contribution in [3.63, 3.8) is 0 Å². The van der Waals surface area contributed by atoms with Gasteiger partial charge in [-0.2, -0.15) is 15.0 Å². The molecule has 1 amide bonds. The van der Waals surface area contributed by atoms with Gasteiger partial charge in [-0.25, -0.2) is 0 Å². The van der Waals surface area contributed by atoms with Crippen LogP contribution in [0.4, 0.5) is 31.0 Å². The smallest absolute Gasteiger partial charge is 0.405 e. The van der Waals surface area contributed by atoms with Crippen LogP contribution in [0.25, 0.3) is 0 Å². The lowest BCUT2D eigenvalue weighted by Crippen LogP contribution is -2.53. The molecule has 1 aliphatic rings. The Hall–Kier alpha value is -4.09. The molecule has 208 valence electrons. The molecule has 1 aromatic heterocycles. The number of halogens is 3. The van der Waals surface area contributed by atoms with Crippen molar-refractivity contribution in [2.45, 2.75) is 63.4 Å². The molecule has 1 saturated carbocycles. The molecule has 12 heteroatoms. The third-order valence-corrected chi connectivity index (χ3v) is 6.72. The van der Waals surface area contributed by atoms with E-state index in [1.165, 1.54) is 18.2 Å². The predicted molar refractivity (Wildman–Crippen MR) is 142 cm³/mol. The minimum Gasteiger partial charge on any atom is -0.405 e. The minimum atomic E-state index is -4.84. The van der Waals surface area contributed by atoms with Crippen LogP contribution in [0.15, 0.2) is 54.6 Å². The summed E-state index contributed by atoms with van der Waals surface area (Å²) in [6, 6.07) is 15.7. The number of carbonyl (C=O) groups is 1. The Bertz CT molecular complexity index is 1250. The maximum Gasteiger partial charge on any atom is 0.573 e. The molecule has 1 aliphatic carbocycles. The van der Waals surface area contributed by atoms with Gasteiger partial charge in [-0.05, 0) is 30.4 Å². The predicted octanol–water partition coefficient (Wildman–Crippen LogP) is 5.00. The number of nitrogens with two attached hydrogens (primary N) is 1. The highest BCUT2D eigenvalue weighted by molar-refractivity contribution is 5.89. The fourth-order valence-corrected chi connectivity index (χ4v) is 4.67. The van der Waals surface area contributed by atoms with Gasteiger partial charge in [-0.1, -0.05) is 74.7 Å². The van der Waals surface area contributed by atoms with E-state index in [-0.39, 0.29) is 47.5 Å². The largest absolute Gasteiger partial charge is 0.573 e. The number of aromatic nitrogens is 3. The van der Waals surface area contributed by atoms with Crippen molar-refractivity contribution >= 4 is 23.8 Å². The quantitative estimate of drug-likeness (QED) is 0.281. The number of ether oxygens (including phenoxy) is 1. The molecule has 1 fully saturated rings. The van der Waals surface area contributed by atoms with Crippen LogP contribution in [0.1, 0.15) is 56.1 Å². The monoisotopic (exact) mass is 543 g/mol. The van der Waals surface area contributed by atoms with Crippen molar-refractivity contribution in [2.75, 3.05) is 22.9 Å². The standard InChI is InChI=1S/C27H32F3N7O2/c1-18(19-10-4-2-5-11-19)16-33-24-34-23(31)35-25(36-24)37-26(14-8-3-9-15-26)22(38)32-17-20-12-6-7-13-21(20)39-27(28,29)30/h2,4-7,10-13,18H,3,8-9,14-17H2,1H3,(H,32,38)(H4,31,33,34,35,36,37)/t18-/m0/s1. The molecule has 5 N–H and O–H groups in total. The van der Waals surface area contributed by atoms with Crippen LogP contribution < -0.4 is 26.4 Å². The molecule has 3 aromatic rings. The minimum absolute atomic E-state index is 0.00745. The number of anilines is 3. The Labute approximate surface area is 224 Å². The Kier molecular flexibility index (Phi) is 8.72. The molecule has 9 nitrogen and oxygen atoms in total. The highest BCUT2D eigenvalue weighted by atomic mass is 19.4. The van der Waals surface area contributed by atoms with Gasteiger partial charge in [0.05, 0.1) is 0 Å². The van der Waals surface area contributed by atoms with Gasteiger partial charge in [-0.15, -0.1) is 13.2 Å². The molecule has 1 atom stereocenters. The summed E-state index contributed by atoms with van der Waals surface area (Å²) >= 11 is 0. The first-order valence-electron chi connectivity index (χ1n) is 12.8. The molecule has 0 bridgehead atoms. The van der Waals surface area contributed by atoms with Crippen LogP contribution in [0.5, 0.6) is 5.75 Å². The molecule has 0 unspecified atom stereocenters. The van der Waals surface area contributed by atoms with E-state index in [2.05, 4.69) is 42.6 Å². The number of carbonyl (C=O) groups excluding carboxylic acids is 1. The van der Waals surface area contributed by atoms with Crippen molar-refractivity contribution in [3.8, 4) is 5.75 Å². The molecule has 0 aliphatic heterocycles. The molecule has 0 spiro atoms. The van der Waals surface area contributed by atoms with Gasteiger partial charge >= 0.3 is 6.36 Å². The van der Waals surface area contributed by atoms with Gasteiger partial charge in [-0.3, -0.25) is 4.79 Å². The Morgan fingerprint density at radius 3 is 2.38 bits per heavy atom. The zero-order chi connectivity index (χ0) is 27.9. The average molecular weight is 544 g/mol. The lowest BCUT2D eigenvalue weighted by molar-refractivity contribution is -0.274. The molecule has 2 aromatic carbocycles. The lowest BCUT2D eigenvalue weighted by atomic mass is 9.81. The SMILES string of the molecule is C[C@@H](CNc1nc(N)nc(NC2(C(=O)NCc3ccccc3OC(F)(F)F)CCCCC2)n1)c1ccccc1. The highest BCUT2D eigenvalue weighted by Gasteiger charge is 2.40. The number of nitrogens with zero attached hydrogens (tertiary/aromatic N) is 3. The van der Waals surface area contributed by atoms with E-state index >= 15 is 0 Å². The third-order valence-electron chi connectivity index (χ3n) is 6.72. The van der Waals surface area contributed by atoms with Crippen LogP contribution >= 0.6 is 0 Å². The van der Waals surface area contributed by atoms with Crippen molar-refractivity contribution in [3.05, 3.63) is 65.7 Å². The first-order valence-corrected chi connectivity index (χ1v) is 12.8. The number of hydrogen-bond donors (Lipinski definition) is 4. The number of para-hydroxylation sites is 1. The van der Waals surface area contributed by atoms with E-state index in [9.17, 15) is 18.0 Å². The normalized spacial score (nSPS) is 15.7. The van der Waals surface area contributed by atoms with Crippen molar-refractivity contribution in [2.24, 2.45) is 0 Å². The number of nitrogen functional groups attached to an aromatic ring is 1. The second-order valence-corrected chi connectivity index (χ2v) is 9.64. The van der Waals surface area contributed by atoms with Crippen LogP contribution in [0.2, 0.25) is 0 Å². The summed E-state index contributed by atoms with van der Waals surface area (Å²) < 4.78 is 42.5. The number of nitrogens with one attached hydrogen (secondary N) is 3. The fourth-order valence-electron chi connectivity index (χ4n) is 4.67. The molecule has 39 heavy (non-hydrogen) atoms. The topological polar surface area (TPSA) is 127 Å². The van der Waals surface area contributed by atoms with Gasteiger partial charge in [0.15, 0.2) is 0 Å². The molecular weight excluding hydrogens is 511 g/mol. The van der Waals surface area contributed by atoms with Gasteiger partial charge in [0.25, 0.3) is 0 Å². The summed E-state index contributed by atoms with van der Waals surface area (Å²) in [4.78, 5) is 26.3. The Morgan fingerprint density at radius 2 is 1.67 bits per heavy atom. The average Bonchev–Trinajstić information content (AvgIpc) is 2.91. The second kappa shape index (κ2) is 12.2. The zero-order valence-electron chi connectivity index (χ0n) is 21.6. The van der Waals surface area contributed by atoms with Crippen molar-refractivity contribution in [1.29, 1.82) is 0 Å². The first-order chi connectivity index (χ1) is 18.6. The second-order valence-electron chi connectivity index (χ2n) is 9.64. The van der Waals surface area contributed by atoms with E-state index in [0.717, 1.165) is 24.8 Å². The molecule has 1 heterocycles. The van der Waals surface area contributed by atoms with Crippen molar-refractivity contribution in [1.82, 2.24) is 20.3 Å². The van der Waals surface area contributed by atoms with Gasteiger partial charge in [0.1, 0.15) is 11.3 Å². The van der Waals surface area contributed by atoms with Crippen LogP contribution in [-0.4, -0.2) is 39.3 Å². The lowest BCUT2D eigenvalue weighted by Gasteiger charge is -2.36. The maximum atomic E-state index is 13.5. The van der Waals surface area contributed by atoms with E-state index in [1.54, 1.807) is 6.07 Å². The summed E-state index contributed by atoms with van der Waals surface area (Å²) in [6.07, 6.45) is -1.31. The van der Waals surface area contributed by atoms with Crippen LogP contribution in [0.3, 0.4) is 0 Å². The first kappa shape index (κ1) is 27.9. The van der Waals surface area contributed by atoms with E-state index in [0.29, 0.717) is 19.4 Å². The number of benzene rings is 2. The molecule has 0 radical (unpaired) electrons. The van der Waals surface area contributed by atoms with Gasteiger partial charge in [0.2, 0.25) is 23.8 Å². The summed E-state index contributed by atoms with van der Waals surface area (Å²) in [5.74, 6) is -0.128. The van der Waals surface area contributed by atoms with Crippen LogP contribution in [0, 0.1) is 0 Å². The fraction of sp³-hybridized carbons (Fsp3) is 0.407. The van der Waals surface area contributed by atoms with E-state index in [1.807, 2.05) is 30.3 Å². The Morgan fingerprint density at radius 1 is 1.00 bits per heavy atom. The van der Waals surface area contributed by atoms with E-state index < -0.39 is 11.9 Å². The van der Waals surface area contributed by atoms with Crippen LogP contribution in [-0.2, 0) is 11.3 Å². The Balaban J connectivity index is 1.47. The molecular formula is C27H32F3N7O2. The summed E-state index contributed by atoms with van der Waals surface area (Å²) in [5, 5.41) is 9.14. The number of amides is 1. The zero-order valence-corrected chi connectivity index (χ0v) is 21.6. The van der Waals surface area contributed by atoms with E-state index in [4.69, 9.17) is 5.73 Å². The highest BCUT2D eigenvalue weighted by Crippen LogP contribution is 2.32. The number of alkyl halides is 3. The third kappa shape index (κ3) is 7.71. The number of hydrogen-bond acceptors (Lipinski definition) is 8.